The van der Waals surface area contributed by atoms with Crippen molar-refractivity contribution in [1.82, 2.24) is 20.0 Å². The standard InChI is InChI=1S/C27H31ClN4O4/c1-4-36-26(34)23-22(30(3)27(35)29-24(23)19-8-6-5-7-9-19)17-31-14-15-32(18(2)16-31)25(33)20-10-12-21(28)13-11-20/h5-13,18,24H,4,14-17H2,1-3H3,(H,29,35)/t18-,24+/m0/s1. The molecule has 2 aliphatic rings. The van der Waals surface area contributed by atoms with Crippen LogP contribution in [-0.4, -0.2) is 78.5 Å². The fraction of sp³-hybridized carbons (Fsp3) is 0.370. The van der Waals surface area contributed by atoms with Crippen molar-refractivity contribution in [2.45, 2.75) is 25.9 Å². The number of ether oxygens (including phenoxy) is 1. The predicted octanol–water partition coefficient (Wildman–Crippen LogP) is 3.70. The van der Waals surface area contributed by atoms with Gasteiger partial charge in [-0.15, -0.1) is 0 Å². The molecule has 2 atom stereocenters. The summed E-state index contributed by atoms with van der Waals surface area (Å²) in [5.74, 6) is -0.485. The number of nitrogens with zero attached hydrogens (tertiary/aromatic N) is 3. The summed E-state index contributed by atoms with van der Waals surface area (Å²) < 4.78 is 5.41. The minimum atomic E-state index is -0.603. The third-order valence-corrected chi connectivity index (χ3v) is 6.89. The van der Waals surface area contributed by atoms with Crippen LogP contribution in [0, 0.1) is 0 Å². The van der Waals surface area contributed by atoms with Crippen LogP contribution in [0.15, 0.2) is 65.9 Å². The smallest absolute Gasteiger partial charge is 0.338 e. The third kappa shape index (κ3) is 5.39. The number of halogens is 1. The van der Waals surface area contributed by atoms with Gasteiger partial charge in [0, 0.05) is 55.6 Å². The van der Waals surface area contributed by atoms with Crippen LogP contribution in [0.25, 0.3) is 0 Å². The number of piperazine rings is 1. The molecule has 2 heterocycles. The molecule has 2 aromatic rings. The molecule has 0 spiro atoms. The average Bonchev–Trinajstić information content (AvgIpc) is 2.87. The molecule has 0 aliphatic carbocycles. The maximum absolute atomic E-state index is 13.1. The Labute approximate surface area is 216 Å². The molecule has 3 amide bonds. The maximum Gasteiger partial charge on any atom is 0.338 e. The summed E-state index contributed by atoms with van der Waals surface area (Å²) in [5, 5.41) is 3.53. The van der Waals surface area contributed by atoms with E-state index in [1.807, 2.05) is 42.2 Å². The van der Waals surface area contributed by atoms with Crippen molar-refractivity contribution in [1.29, 1.82) is 0 Å². The maximum atomic E-state index is 13.1. The minimum absolute atomic E-state index is 0.0384. The summed E-state index contributed by atoms with van der Waals surface area (Å²) in [7, 11) is 1.66. The van der Waals surface area contributed by atoms with E-state index in [0.717, 1.165) is 5.56 Å². The van der Waals surface area contributed by atoms with Gasteiger partial charge in [-0.05, 0) is 43.7 Å². The van der Waals surface area contributed by atoms with Gasteiger partial charge in [-0.2, -0.15) is 0 Å². The SMILES string of the molecule is CCOC(=O)C1=C(CN2CCN(C(=O)c3ccc(Cl)cc3)[C@@H](C)C2)N(C)C(=O)N[C@@H]1c1ccccc1. The van der Waals surface area contributed by atoms with Gasteiger partial charge in [-0.25, -0.2) is 9.59 Å². The average molecular weight is 511 g/mol. The molecule has 0 radical (unpaired) electrons. The first kappa shape index (κ1) is 25.7. The van der Waals surface area contributed by atoms with E-state index >= 15 is 0 Å². The van der Waals surface area contributed by atoms with Crippen LogP contribution in [0.2, 0.25) is 5.02 Å². The molecule has 8 nitrogen and oxygen atoms in total. The van der Waals surface area contributed by atoms with Gasteiger partial charge in [0.15, 0.2) is 0 Å². The van der Waals surface area contributed by atoms with E-state index in [4.69, 9.17) is 16.3 Å². The lowest BCUT2D eigenvalue weighted by Crippen LogP contribution is -2.56. The number of esters is 1. The lowest BCUT2D eigenvalue weighted by atomic mass is 9.94. The molecule has 190 valence electrons. The first-order chi connectivity index (χ1) is 17.3. The van der Waals surface area contributed by atoms with Gasteiger partial charge in [0.1, 0.15) is 0 Å². The van der Waals surface area contributed by atoms with Crippen LogP contribution in [0.4, 0.5) is 4.79 Å². The summed E-state index contributed by atoms with van der Waals surface area (Å²) in [5.41, 5.74) is 2.45. The van der Waals surface area contributed by atoms with E-state index in [1.54, 1.807) is 38.2 Å². The Morgan fingerprint density at radius 1 is 1.08 bits per heavy atom. The highest BCUT2D eigenvalue weighted by molar-refractivity contribution is 6.30. The molecule has 1 saturated heterocycles. The second kappa shape index (κ2) is 11.1. The van der Waals surface area contributed by atoms with E-state index in [9.17, 15) is 14.4 Å². The Morgan fingerprint density at radius 3 is 2.42 bits per heavy atom. The Hall–Kier alpha value is -3.36. The molecule has 0 saturated carbocycles. The number of carbonyl (C=O) groups excluding carboxylic acids is 3. The van der Waals surface area contributed by atoms with Crippen molar-refractivity contribution in [2.75, 3.05) is 39.8 Å². The van der Waals surface area contributed by atoms with E-state index in [2.05, 4.69) is 10.2 Å². The fourth-order valence-electron chi connectivity index (χ4n) is 4.74. The highest BCUT2D eigenvalue weighted by atomic mass is 35.5. The number of nitrogens with one attached hydrogen (secondary N) is 1. The molecule has 0 aromatic heterocycles. The summed E-state index contributed by atoms with van der Waals surface area (Å²) in [6.45, 7) is 6.12. The quantitative estimate of drug-likeness (QED) is 0.599. The van der Waals surface area contributed by atoms with Crippen LogP contribution in [0.1, 0.15) is 35.8 Å². The number of urea groups is 1. The largest absolute Gasteiger partial charge is 0.463 e. The summed E-state index contributed by atoms with van der Waals surface area (Å²) in [6, 6.07) is 15.4. The molecular formula is C27H31ClN4O4. The number of amides is 3. The lowest BCUT2D eigenvalue weighted by molar-refractivity contribution is -0.139. The normalized spacial score (nSPS) is 20.8. The van der Waals surface area contributed by atoms with Crippen molar-refractivity contribution in [3.8, 4) is 0 Å². The van der Waals surface area contributed by atoms with E-state index in [0.29, 0.717) is 48.0 Å². The fourth-order valence-corrected chi connectivity index (χ4v) is 4.87. The zero-order valence-electron chi connectivity index (χ0n) is 20.7. The van der Waals surface area contributed by atoms with E-state index in [1.165, 1.54) is 4.90 Å². The van der Waals surface area contributed by atoms with E-state index < -0.39 is 12.0 Å². The zero-order chi connectivity index (χ0) is 25.8. The van der Waals surface area contributed by atoms with Crippen LogP contribution < -0.4 is 5.32 Å². The molecule has 0 unspecified atom stereocenters. The molecule has 2 aromatic carbocycles. The third-order valence-electron chi connectivity index (χ3n) is 6.64. The monoisotopic (exact) mass is 510 g/mol. The van der Waals surface area contributed by atoms with Gasteiger partial charge in [0.25, 0.3) is 5.91 Å². The minimum Gasteiger partial charge on any atom is -0.463 e. The van der Waals surface area contributed by atoms with Gasteiger partial charge in [0.05, 0.1) is 18.2 Å². The number of carbonyl (C=O) groups is 3. The molecule has 9 heteroatoms. The van der Waals surface area contributed by atoms with Gasteiger partial charge in [-0.1, -0.05) is 41.9 Å². The Morgan fingerprint density at radius 2 is 1.78 bits per heavy atom. The second-order valence-electron chi connectivity index (χ2n) is 9.02. The van der Waals surface area contributed by atoms with Gasteiger partial charge in [-0.3, -0.25) is 14.6 Å². The number of rotatable bonds is 6. The molecular weight excluding hydrogens is 480 g/mol. The number of hydrogen-bond acceptors (Lipinski definition) is 5. The molecule has 36 heavy (non-hydrogen) atoms. The number of benzene rings is 2. The zero-order valence-corrected chi connectivity index (χ0v) is 21.5. The second-order valence-corrected chi connectivity index (χ2v) is 9.46. The highest BCUT2D eigenvalue weighted by Gasteiger charge is 2.38. The van der Waals surface area contributed by atoms with Crippen molar-refractivity contribution in [3.05, 3.63) is 82.0 Å². The van der Waals surface area contributed by atoms with Crippen LogP contribution in [0.3, 0.4) is 0 Å². The van der Waals surface area contributed by atoms with Crippen LogP contribution in [0.5, 0.6) is 0 Å². The molecule has 4 rings (SSSR count). The lowest BCUT2D eigenvalue weighted by Gasteiger charge is -2.42. The van der Waals surface area contributed by atoms with Crippen molar-refractivity contribution in [2.24, 2.45) is 0 Å². The van der Waals surface area contributed by atoms with Gasteiger partial charge >= 0.3 is 12.0 Å². The van der Waals surface area contributed by atoms with Crippen molar-refractivity contribution >= 4 is 29.5 Å². The van der Waals surface area contributed by atoms with Crippen molar-refractivity contribution in [3.63, 3.8) is 0 Å². The highest BCUT2D eigenvalue weighted by Crippen LogP contribution is 2.31. The van der Waals surface area contributed by atoms with Crippen LogP contribution in [-0.2, 0) is 9.53 Å². The van der Waals surface area contributed by atoms with E-state index in [-0.39, 0.29) is 24.6 Å². The molecule has 2 aliphatic heterocycles. The number of hydrogen-bond donors (Lipinski definition) is 1. The number of likely N-dealkylation sites (N-methyl/N-ethyl adjacent to an activating group) is 1. The molecule has 1 N–H and O–H groups in total. The topological polar surface area (TPSA) is 82.2 Å². The first-order valence-electron chi connectivity index (χ1n) is 12.1. The Bertz CT molecular complexity index is 1150. The van der Waals surface area contributed by atoms with Crippen LogP contribution >= 0.6 is 11.6 Å². The molecule has 0 bridgehead atoms. The Balaban J connectivity index is 1.58. The molecule has 1 fully saturated rings. The van der Waals surface area contributed by atoms with Gasteiger partial charge in [0.2, 0.25) is 0 Å². The summed E-state index contributed by atoms with van der Waals surface area (Å²) >= 11 is 5.97. The van der Waals surface area contributed by atoms with Gasteiger partial charge < -0.3 is 15.0 Å². The van der Waals surface area contributed by atoms with Crippen molar-refractivity contribution < 1.29 is 19.1 Å². The first-order valence-corrected chi connectivity index (χ1v) is 12.5. The summed E-state index contributed by atoms with van der Waals surface area (Å²) in [4.78, 5) is 44.6. The summed E-state index contributed by atoms with van der Waals surface area (Å²) in [6.07, 6.45) is 0. The predicted molar refractivity (Wildman–Crippen MR) is 138 cm³/mol. The Kier molecular flexibility index (Phi) is 7.96.